The molecule has 0 aliphatic heterocycles. The average molecular weight is 288 g/mol. The molecule has 1 aromatic rings. The van der Waals surface area contributed by atoms with E-state index in [4.69, 9.17) is 4.74 Å². The van der Waals surface area contributed by atoms with Crippen molar-refractivity contribution in [3.8, 4) is 0 Å². The third kappa shape index (κ3) is 4.97. The third-order valence-electron chi connectivity index (χ3n) is 3.83. The molecule has 1 N–H and O–H groups in total. The minimum absolute atomic E-state index is 0.210. The van der Waals surface area contributed by atoms with Crippen molar-refractivity contribution < 1.29 is 9.53 Å². The summed E-state index contributed by atoms with van der Waals surface area (Å²) in [5.41, 5.74) is 4.62. The molecule has 4 nitrogen and oxygen atoms in total. The zero-order chi connectivity index (χ0) is 14.9. The van der Waals surface area contributed by atoms with Crippen molar-refractivity contribution in [3.05, 3.63) is 35.9 Å². The summed E-state index contributed by atoms with van der Waals surface area (Å²) in [6.45, 7) is 0. The van der Waals surface area contributed by atoms with E-state index in [9.17, 15) is 4.79 Å². The Balaban J connectivity index is 1.95. The molecule has 2 rings (SSSR count). The molecule has 0 heterocycles. The lowest BCUT2D eigenvalue weighted by atomic mass is 9.99. The van der Waals surface area contributed by atoms with Crippen molar-refractivity contribution in [1.82, 2.24) is 5.43 Å². The minimum Gasteiger partial charge on any atom is -0.367 e. The summed E-state index contributed by atoms with van der Waals surface area (Å²) < 4.78 is 5.30. The van der Waals surface area contributed by atoms with Crippen molar-refractivity contribution in [2.75, 3.05) is 7.11 Å². The van der Waals surface area contributed by atoms with E-state index >= 15 is 0 Å². The molecule has 1 aliphatic rings. The highest BCUT2D eigenvalue weighted by atomic mass is 16.5. The van der Waals surface area contributed by atoms with Gasteiger partial charge in [0.25, 0.3) is 5.91 Å². The van der Waals surface area contributed by atoms with Crippen LogP contribution in [0.15, 0.2) is 35.4 Å². The number of amides is 1. The van der Waals surface area contributed by atoms with Gasteiger partial charge in [-0.15, -0.1) is 0 Å². The van der Waals surface area contributed by atoms with E-state index in [1.807, 2.05) is 30.3 Å². The molecule has 0 bridgehead atoms. The molecule has 1 saturated carbocycles. The summed E-state index contributed by atoms with van der Waals surface area (Å²) in [5, 5.41) is 4.32. The predicted octanol–water partition coefficient (Wildman–Crippen LogP) is 3.59. The van der Waals surface area contributed by atoms with Crippen LogP contribution < -0.4 is 5.43 Å². The van der Waals surface area contributed by atoms with Gasteiger partial charge in [-0.05, 0) is 31.2 Å². The van der Waals surface area contributed by atoms with E-state index in [1.165, 1.54) is 32.1 Å². The first-order chi connectivity index (χ1) is 10.3. The quantitative estimate of drug-likeness (QED) is 0.861. The van der Waals surface area contributed by atoms with Crippen LogP contribution >= 0.6 is 0 Å². The molecule has 0 radical (unpaired) electrons. The summed E-state index contributed by atoms with van der Waals surface area (Å²) in [7, 11) is 1.54. The Hall–Kier alpha value is -1.68. The number of hydrogen-bond acceptors (Lipinski definition) is 3. The lowest BCUT2D eigenvalue weighted by Crippen LogP contribution is -2.27. The number of rotatable bonds is 4. The van der Waals surface area contributed by atoms with Crippen molar-refractivity contribution in [3.63, 3.8) is 0 Å². The van der Waals surface area contributed by atoms with E-state index in [0.717, 1.165) is 24.1 Å². The van der Waals surface area contributed by atoms with Gasteiger partial charge in [0, 0.05) is 12.8 Å². The fourth-order valence-electron chi connectivity index (χ4n) is 2.64. The topological polar surface area (TPSA) is 50.7 Å². The van der Waals surface area contributed by atoms with Crippen LogP contribution in [0.5, 0.6) is 0 Å². The van der Waals surface area contributed by atoms with Crippen LogP contribution in [0, 0.1) is 0 Å². The third-order valence-corrected chi connectivity index (χ3v) is 3.83. The van der Waals surface area contributed by atoms with Gasteiger partial charge in [0.1, 0.15) is 0 Å². The largest absolute Gasteiger partial charge is 0.367 e. The van der Waals surface area contributed by atoms with Gasteiger partial charge < -0.3 is 4.74 Å². The van der Waals surface area contributed by atoms with Crippen molar-refractivity contribution >= 4 is 11.6 Å². The van der Waals surface area contributed by atoms with Gasteiger partial charge in [-0.25, -0.2) is 5.43 Å². The predicted molar refractivity (Wildman–Crippen MR) is 84.1 cm³/mol. The van der Waals surface area contributed by atoms with Crippen LogP contribution in [0.2, 0.25) is 0 Å². The molecule has 0 unspecified atom stereocenters. The SMILES string of the molecule is CO[C@H](C(=O)NN=C1CCCCCCC1)c1ccccc1. The number of carbonyl (C=O) groups excluding carboxylic acids is 1. The smallest absolute Gasteiger partial charge is 0.273 e. The van der Waals surface area contributed by atoms with Gasteiger partial charge >= 0.3 is 0 Å². The number of benzene rings is 1. The molecule has 1 fully saturated rings. The van der Waals surface area contributed by atoms with E-state index in [2.05, 4.69) is 10.5 Å². The summed E-state index contributed by atoms with van der Waals surface area (Å²) >= 11 is 0. The first-order valence-corrected chi connectivity index (χ1v) is 7.74. The first-order valence-electron chi connectivity index (χ1n) is 7.74. The number of methoxy groups -OCH3 is 1. The Bertz CT molecular complexity index is 461. The Morgan fingerprint density at radius 1 is 1.10 bits per heavy atom. The minimum atomic E-state index is -0.607. The van der Waals surface area contributed by atoms with E-state index in [1.54, 1.807) is 7.11 Å². The molecule has 21 heavy (non-hydrogen) atoms. The molecule has 4 heteroatoms. The van der Waals surface area contributed by atoms with Crippen LogP contribution in [0.3, 0.4) is 0 Å². The van der Waals surface area contributed by atoms with Gasteiger partial charge in [0.15, 0.2) is 6.10 Å². The highest BCUT2D eigenvalue weighted by molar-refractivity contribution is 5.87. The molecule has 114 valence electrons. The van der Waals surface area contributed by atoms with Crippen LogP contribution in [0.4, 0.5) is 0 Å². The number of hydrazone groups is 1. The monoisotopic (exact) mass is 288 g/mol. The maximum absolute atomic E-state index is 12.2. The zero-order valence-corrected chi connectivity index (χ0v) is 12.7. The van der Waals surface area contributed by atoms with Gasteiger partial charge in [0.2, 0.25) is 0 Å². The second kappa shape index (κ2) is 8.57. The summed E-state index contributed by atoms with van der Waals surface area (Å²) in [4.78, 5) is 12.2. The average Bonchev–Trinajstić information content (AvgIpc) is 2.48. The standard InChI is InChI=1S/C17H24N2O2/c1-21-16(14-10-6-5-7-11-14)17(20)19-18-15-12-8-3-2-4-9-13-15/h5-7,10-11,16H,2-4,8-9,12-13H2,1H3,(H,19,20)/t16-/m0/s1. The molecule has 1 amide bonds. The van der Waals surface area contributed by atoms with E-state index in [-0.39, 0.29) is 5.91 Å². The van der Waals surface area contributed by atoms with E-state index < -0.39 is 6.10 Å². The van der Waals surface area contributed by atoms with Gasteiger partial charge in [-0.3, -0.25) is 4.79 Å². The number of carbonyl (C=O) groups is 1. The Morgan fingerprint density at radius 3 is 2.33 bits per heavy atom. The number of nitrogens with one attached hydrogen (secondary N) is 1. The second-order valence-corrected chi connectivity index (χ2v) is 5.45. The van der Waals surface area contributed by atoms with Gasteiger partial charge in [-0.2, -0.15) is 5.10 Å². The lowest BCUT2D eigenvalue weighted by molar-refractivity contribution is -0.131. The second-order valence-electron chi connectivity index (χ2n) is 5.45. The zero-order valence-electron chi connectivity index (χ0n) is 12.7. The van der Waals surface area contributed by atoms with Gasteiger partial charge in [0.05, 0.1) is 0 Å². The van der Waals surface area contributed by atoms with Gasteiger partial charge in [-0.1, -0.05) is 49.6 Å². The molecule has 1 aromatic carbocycles. The van der Waals surface area contributed by atoms with E-state index in [0.29, 0.717) is 0 Å². The maximum atomic E-state index is 12.2. The van der Waals surface area contributed by atoms with Crippen molar-refractivity contribution in [2.24, 2.45) is 5.10 Å². The number of ether oxygens (including phenoxy) is 1. The number of nitrogens with zero attached hydrogens (tertiary/aromatic N) is 1. The van der Waals surface area contributed by atoms with Crippen LogP contribution in [0.25, 0.3) is 0 Å². The lowest BCUT2D eigenvalue weighted by Gasteiger charge is -2.15. The molecular weight excluding hydrogens is 264 g/mol. The first kappa shape index (κ1) is 15.7. The Morgan fingerprint density at radius 2 is 1.71 bits per heavy atom. The molecule has 0 spiro atoms. The molecular formula is C17H24N2O2. The molecule has 1 aliphatic carbocycles. The normalized spacial score (nSPS) is 17.5. The number of hydrogen-bond donors (Lipinski definition) is 1. The summed E-state index contributed by atoms with van der Waals surface area (Å²) in [5.74, 6) is -0.210. The van der Waals surface area contributed by atoms with Crippen LogP contribution in [-0.4, -0.2) is 18.7 Å². The molecule has 0 aromatic heterocycles. The summed E-state index contributed by atoms with van der Waals surface area (Å²) in [6, 6.07) is 9.49. The summed E-state index contributed by atoms with van der Waals surface area (Å²) in [6.07, 6.45) is 7.55. The van der Waals surface area contributed by atoms with Crippen LogP contribution in [0.1, 0.15) is 56.6 Å². The fraction of sp³-hybridized carbons (Fsp3) is 0.529. The fourth-order valence-corrected chi connectivity index (χ4v) is 2.64. The Labute approximate surface area is 126 Å². The molecule has 1 atom stereocenters. The van der Waals surface area contributed by atoms with Crippen molar-refractivity contribution in [2.45, 2.75) is 51.0 Å². The molecule has 0 saturated heterocycles. The maximum Gasteiger partial charge on any atom is 0.273 e. The van der Waals surface area contributed by atoms with Crippen molar-refractivity contribution in [1.29, 1.82) is 0 Å². The Kier molecular flexibility index (Phi) is 6.41. The highest BCUT2D eigenvalue weighted by Crippen LogP contribution is 2.17. The van der Waals surface area contributed by atoms with Crippen LogP contribution in [-0.2, 0) is 9.53 Å². The highest BCUT2D eigenvalue weighted by Gasteiger charge is 2.19.